The number of hydrogen-bond acceptors (Lipinski definition) is 3. The molecule has 6 heteroatoms. The Kier molecular flexibility index (Phi) is 7.54. The van der Waals surface area contributed by atoms with Crippen molar-refractivity contribution >= 4 is 11.8 Å². The van der Waals surface area contributed by atoms with E-state index in [2.05, 4.69) is 41.4 Å². The van der Waals surface area contributed by atoms with Gasteiger partial charge in [-0.15, -0.1) is 0 Å². The molecule has 5 rings (SSSR count). The van der Waals surface area contributed by atoms with E-state index in [-0.39, 0.29) is 42.7 Å². The van der Waals surface area contributed by atoms with Gasteiger partial charge in [0.15, 0.2) is 6.61 Å². The number of fused-ring (bicyclic) bond motifs is 1. The largest absolute Gasteiger partial charge is 0.484 e. The van der Waals surface area contributed by atoms with Crippen molar-refractivity contribution in [3.05, 3.63) is 100 Å². The second-order valence-electron chi connectivity index (χ2n) is 10.1. The predicted molar refractivity (Wildman–Crippen MR) is 141 cm³/mol. The van der Waals surface area contributed by atoms with Gasteiger partial charge in [-0.3, -0.25) is 9.59 Å². The number of ether oxygens (including phenoxy) is 1. The first-order chi connectivity index (χ1) is 18.0. The normalized spacial score (nSPS) is 17.4. The Bertz CT molecular complexity index is 1270. The van der Waals surface area contributed by atoms with E-state index in [1.165, 1.54) is 23.3 Å². The maximum Gasteiger partial charge on any atom is 0.258 e. The molecule has 0 aromatic heterocycles. The topological polar surface area (TPSA) is 58.6 Å². The molecule has 1 N–H and O–H groups in total. The van der Waals surface area contributed by atoms with Crippen LogP contribution in [0.25, 0.3) is 0 Å². The average Bonchev–Trinajstić information content (AvgIpc) is 3.45. The number of halogens is 1. The molecule has 1 atom stereocenters. The summed E-state index contributed by atoms with van der Waals surface area (Å²) in [6.45, 7) is 2.85. The molecule has 1 aliphatic carbocycles. The zero-order valence-corrected chi connectivity index (χ0v) is 21.2. The lowest BCUT2D eigenvalue weighted by Crippen LogP contribution is -2.43. The molecule has 0 bridgehead atoms. The third-order valence-corrected chi connectivity index (χ3v) is 7.47. The lowest BCUT2D eigenvalue weighted by atomic mass is 9.86. The lowest BCUT2D eigenvalue weighted by Gasteiger charge is -2.39. The zero-order chi connectivity index (χ0) is 25.8. The number of aryl methyl sites for hydroxylation is 1. The Morgan fingerprint density at radius 2 is 1.81 bits per heavy atom. The molecule has 1 heterocycles. The van der Waals surface area contributed by atoms with Gasteiger partial charge in [0.2, 0.25) is 5.91 Å². The van der Waals surface area contributed by atoms with Crippen LogP contribution in [0, 0.1) is 18.7 Å². The molecule has 1 fully saturated rings. The fraction of sp³-hybridized carbons (Fsp3) is 0.355. The quantitative estimate of drug-likeness (QED) is 0.467. The highest BCUT2D eigenvalue weighted by atomic mass is 19.1. The van der Waals surface area contributed by atoms with E-state index < -0.39 is 0 Å². The van der Waals surface area contributed by atoms with Crippen molar-refractivity contribution in [2.45, 2.75) is 51.6 Å². The van der Waals surface area contributed by atoms with Crippen molar-refractivity contribution in [1.29, 1.82) is 0 Å². The SMILES string of the molecule is Cc1ccc([C@@H]2c3cc(OCC(=O)NCc4cccc(F)c4)ccc3CCN2C(=O)C2CCCC2)cc1. The third kappa shape index (κ3) is 5.85. The number of carbonyl (C=O) groups excluding carboxylic acids is 2. The molecule has 1 aliphatic heterocycles. The second-order valence-corrected chi connectivity index (χ2v) is 10.1. The predicted octanol–water partition coefficient (Wildman–Crippen LogP) is 5.49. The van der Waals surface area contributed by atoms with Gasteiger partial charge in [0.05, 0.1) is 6.04 Å². The zero-order valence-electron chi connectivity index (χ0n) is 21.2. The van der Waals surface area contributed by atoms with Crippen LogP contribution in [0.3, 0.4) is 0 Å². The van der Waals surface area contributed by atoms with Crippen LogP contribution in [-0.2, 0) is 22.6 Å². The van der Waals surface area contributed by atoms with Crippen LogP contribution in [0.1, 0.15) is 59.5 Å². The van der Waals surface area contributed by atoms with Crippen molar-refractivity contribution in [1.82, 2.24) is 10.2 Å². The first kappa shape index (κ1) is 25.0. The van der Waals surface area contributed by atoms with E-state index in [0.717, 1.165) is 43.2 Å². The summed E-state index contributed by atoms with van der Waals surface area (Å²) in [5, 5.41) is 2.77. The maximum absolute atomic E-state index is 13.6. The smallest absolute Gasteiger partial charge is 0.258 e. The summed E-state index contributed by atoms with van der Waals surface area (Å²) in [6.07, 6.45) is 4.97. The summed E-state index contributed by atoms with van der Waals surface area (Å²) in [4.78, 5) is 28.0. The Morgan fingerprint density at radius 3 is 2.57 bits per heavy atom. The highest BCUT2D eigenvalue weighted by Gasteiger charge is 2.36. The Balaban J connectivity index is 1.33. The van der Waals surface area contributed by atoms with Crippen LogP contribution >= 0.6 is 0 Å². The molecule has 0 saturated heterocycles. The highest BCUT2D eigenvalue weighted by Crippen LogP contribution is 2.39. The van der Waals surface area contributed by atoms with Crippen molar-refractivity contribution in [3.63, 3.8) is 0 Å². The molecule has 5 nitrogen and oxygen atoms in total. The summed E-state index contributed by atoms with van der Waals surface area (Å²) < 4.78 is 19.2. The fourth-order valence-electron chi connectivity index (χ4n) is 5.48. The standard InChI is InChI=1S/C31H33FN2O3/c1-21-9-11-24(12-10-21)30-28-18-27(37-20-29(35)33-19-22-5-4-8-26(32)17-22)14-13-23(28)15-16-34(30)31(36)25-6-2-3-7-25/h4-5,8-14,17-18,25,30H,2-3,6-7,15-16,19-20H2,1H3,(H,33,35)/t30-/m1/s1. The Labute approximate surface area is 217 Å². The number of rotatable bonds is 7. The van der Waals surface area contributed by atoms with Gasteiger partial charge in [-0.2, -0.15) is 0 Å². The van der Waals surface area contributed by atoms with E-state index in [1.807, 2.05) is 18.2 Å². The number of nitrogens with zero attached hydrogens (tertiary/aromatic N) is 1. The van der Waals surface area contributed by atoms with Crippen molar-refractivity contribution in [2.24, 2.45) is 5.92 Å². The Hall–Kier alpha value is -3.67. The number of nitrogens with one attached hydrogen (secondary N) is 1. The van der Waals surface area contributed by atoms with Gasteiger partial charge in [0.25, 0.3) is 5.91 Å². The van der Waals surface area contributed by atoms with Gasteiger partial charge in [0.1, 0.15) is 11.6 Å². The first-order valence-corrected chi connectivity index (χ1v) is 13.1. The monoisotopic (exact) mass is 500 g/mol. The van der Waals surface area contributed by atoms with Crippen LogP contribution in [0.15, 0.2) is 66.7 Å². The molecular weight excluding hydrogens is 467 g/mol. The van der Waals surface area contributed by atoms with Gasteiger partial charge < -0.3 is 15.0 Å². The average molecular weight is 501 g/mol. The molecular formula is C31H33FN2O3. The maximum atomic E-state index is 13.6. The minimum atomic E-state index is -0.333. The van der Waals surface area contributed by atoms with E-state index in [0.29, 0.717) is 17.9 Å². The molecule has 37 heavy (non-hydrogen) atoms. The number of benzene rings is 3. The van der Waals surface area contributed by atoms with Gasteiger partial charge in [-0.05, 0) is 72.7 Å². The molecule has 0 unspecified atom stereocenters. The molecule has 2 amide bonds. The van der Waals surface area contributed by atoms with E-state index in [4.69, 9.17) is 4.74 Å². The molecule has 0 spiro atoms. The van der Waals surface area contributed by atoms with Crippen LogP contribution in [0.2, 0.25) is 0 Å². The summed E-state index contributed by atoms with van der Waals surface area (Å²) in [7, 11) is 0. The summed E-state index contributed by atoms with van der Waals surface area (Å²) in [5.74, 6) is 0.329. The highest BCUT2D eigenvalue weighted by molar-refractivity contribution is 5.80. The van der Waals surface area contributed by atoms with Crippen LogP contribution in [0.4, 0.5) is 4.39 Å². The molecule has 192 valence electrons. The van der Waals surface area contributed by atoms with E-state index >= 15 is 0 Å². The van der Waals surface area contributed by atoms with Crippen molar-refractivity contribution in [2.75, 3.05) is 13.2 Å². The van der Waals surface area contributed by atoms with Crippen LogP contribution in [0.5, 0.6) is 5.75 Å². The summed E-state index contributed by atoms with van der Waals surface area (Å²) >= 11 is 0. The van der Waals surface area contributed by atoms with Crippen LogP contribution < -0.4 is 10.1 Å². The number of amides is 2. The summed E-state index contributed by atoms with van der Waals surface area (Å²) in [6, 6.07) is 20.3. The molecule has 2 aliphatic rings. The van der Waals surface area contributed by atoms with Gasteiger partial charge in [-0.25, -0.2) is 4.39 Å². The van der Waals surface area contributed by atoms with Crippen molar-refractivity contribution < 1.29 is 18.7 Å². The number of hydrogen-bond donors (Lipinski definition) is 1. The van der Waals surface area contributed by atoms with Gasteiger partial charge in [0, 0.05) is 19.0 Å². The third-order valence-electron chi connectivity index (χ3n) is 7.47. The molecule has 3 aromatic rings. The molecule has 0 radical (unpaired) electrons. The van der Waals surface area contributed by atoms with Crippen LogP contribution in [-0.4, -0.2) is 29.9 Å². The van der Waals surface area contributed by atoms with Gasteiger partial charge in [-0.1, -0.05) is 60.9 Å². The minimum Gasteiger partial charge on any atom is -0.484 e. The lowest BCUT2D eigenvalue weighted by molar-refractivity contribution is -0.137. The fourth-order valence-corrected chi connectivity index (χ4v) is 5.48. The number of carbonyl (C=O) groups is 2. The Morgan fingerprint density at radius 1 is 1.03 bits per heavy atom. The second kappa shape index (κ2) is 11.2. The first-order valence-electron chi connectivity index (χ1n) is 13.1. The summed E-state index contributed by atoms with van der Waals surface area (Å²) in [5.41, 5.74) is 5.20. The van der Waals surface area contributed by atoms with E-state index in [1.54, 1.807) is 12.1 Å². The minimum absolute atomic E-state index is 0.107. The molecule has 1 saturated carbocycles. The van der Waals surface area contributed by atoms with E-state index in [9.17, 15) is 14.0 Å². The van der Waals surface area contributed by atoms with Crippen molar-refractivity contribution in [3.8, 4) is 5.75 Å². The van der Waals surface area contributed by atoms with Gasteiger partial charge >= 0.3 is 0 Å². The molecule has 3 aromatic carbocycles.